The molecule has 1 unspecified atom stereocenters. The maximum atomic E-state index is 12.7. The summed E-state index contributed by atoms with van der Waals surface area (Å²) in [6.07, 6.45) is 1.13. The zero-order valence-electron chi connectivity index (χ0n) is 17.3. The number of methoxy groups -OCH3 is 1. The topological polar surface area (TPSA) is 56.8 Å². The molecule has 0 saturated heterocycles. The van der Waals surface area contributed by atoms with Crippen molar-refractivity contribution in [3.05, 3.63) is 84.4 Å². The molecule has 0 aliphatic heterocycles. The van der Waals surface area contributed by atoms with Crippen molar-refractivity contribution < 1.29 is 19.0 Å². The van der Waals surface area contributed by atoms with Crippen LogP contribution in [0.15, 0.2) is 78.9 Å². The van der Waals surface area contributed by atoms with Crippen LogP contribution in [0.3, 0.4) is 0 Å². The lowest BCUT2D eigenvalue weighted by Gasteiger charge is -2.18. The van der Waals surface area contributed by atoms with Crippen LogP contribution in [-0.4, -0.2) is 25.7 Å². The quantitative estimate of drug-likeness (QED) is 0.476. The molecular weight excluding hydrogens is 378 g/mol. The van der Waals surface area contributed by atoms with Crippen molar-refractivity contribution >= 4 is 11.6 Å². The number of anilines is 1. The van der Waals surface area contributed by atoms with Gasteiger partial charge in [-0.3, -0.25) is 4.79 Å². The fraction of sp³-hybridized carbons (Fsp3) is 0.240. The molecule has 3 aromatic rings. The molecule has 0 spiro atoms. The largest absolute Gasteiger partial charge is 0.493 e. The van der Waals surface area contributed by atoms with Gasteiger partial charge in [0, 0.05) is 0 Å². The number of carbonyl (C=O) groups is 1. The fourth-order valence-corrected chi connectivity index (χ4v) is 2.99. The minimum absolute atomic E-state index is 0.263. The van der Waals surface area contributed by atoms with E-state index in [4.69, 9.17) is 14.2 Å². The zero-order valence-corrected chi connectivity index (χ0v) is 17.3. The van der Waals surface area contributed by atoms with E-state index in [-0.39, 0.29) is 5.91 Å². The Morgan fingerprint density at radius 1 is 0.867 bits per heavy atom. The van der Waals surface area contributed by atoms with Gasteiger partial charge in [0.15, 0.2) is 17.6 Å². The van der Waals surface area contributed by atoms with Crippen molar-refractivity contribution in [1.29, 1.82) is 0 Å². The molecule has 0 heterocycles. The average molecular weight is 405 g/mol. The second-order valence-corrected chi connectivity index (χ2v) is 6.83. The molecule has 1 N–H and O–H groups in total. The molecular formula is C25H27NO4. The van der Waals surface area contributed by atoms with Crippen molar-refractivity contribution in [2.24, 2.45) is 0 Å². The summed E-state index contributed by atoms with van der Waals surface area (Å²) in [6, 6.07) is 25.0. The van der Waals surface area contributed by atoms with Crippen LogP contribution >= 0.6 is 0 Å². The highest BCUT2D eigenvalue weighted by atomic mass is 16.5. The van der Waals surface area contributed by atoms with E-state index < -0.39 is 6.10 Å². The Morgan fingerprint density at radius 3 is 2.23 bits per heavy atom. The molecule has 1 atom stereocenters. The SMILES string of the molecule is COc1ccccc1OC(C)C(=O)Nc1ccccc1OCCCc1ccccc1. The molecule has 0 fully saturated rings. The van der Waals surface area contributed by atoms with Crippen molar-refractivity contribution in [3.8, 4) is 17.2 Å². The molecule has 0 bridgehead atoms. The molecule has 5 nitrogen and oxygen atoms in total. The minimum atomic E-state index is -0.701. The lowest BCUT2D eigenvalue weighted by atomic mass is 10.1. The van der Waals surface area contributed by atoms with Crippen LogP contribution in [0.2, 0.25) is 0 Å². The Kier molecular flexibility index (Phi) is 7.72. The molecule has 30 heavy (non-hydrogen) atoms. The van der Waals surface area contributed by atoms with Crippen LogP contribution in [0.4, 0.5) is 5.69 Å². The van der Waals surface area contributed by atoms with E-state index in [0.717, 1.165) is 12.8 Å². The van der Waals surface area contributed by atoms with Gasteiger partial charge in [-0.1, -0.05) is 54.6 Å². The number of rotatable bonds is 10. The molecule has 0 saturated carbocycles. The zero-order chi connectivity index (χ0) is 21.2. The van der Waals surface area contributed by atoms with Gasteiger partial charge in [0.1, 0.15) is 5.75 Å². The summed E-state index contributed by atoms with van der Waals surface area (Å²) in [5, 5.41) is 2.90. The highest BCUT2D eigenvalue weighted by molar-refractivity contribution is 5.95. The lowest BCUT2D eigenvalue weighted by Crippen LogP contribution is -2.30. The summed E-state index contributed by atoms with van der Waals surface area (Å²) in [7, 11) is 1.57. The summed E-state index contributed by atoms with van der Waals surface area (Å²) in [5.74, 6) is 1.48. The molecule has 5 heteroatoms. The average Bonchev–Trinajstić information content (AvgIpc) is 2.78. The van der Waals surface area contributed by atoms with Crippen LogP contribution in [0, 0.1) is 0 Å². The summed E-state index contributed by atoms with van der Waals surface area (Å²) in [6.45, 7) is 2.26. The van der Waals surface area contributed by atoms with Gasteiger partial charge in [-0.25, -0.2) is 0 Å². The number of nitrogens with one attached hydrogen (secondary N) is 1. The maximum absolute atomic E-state index is 12.7. The predicted octanol–water partition coefficient (Wildman–Crippen LogP) is 5.11. The minimum Gasteiger partial charge on any atom is -0.493 e. The molecule has 0 aromatic heterocycles. The van der Waals surface area contributed by atoms with Gasteiger partial charge in [0.25, 0.3) is 5.91 Å². The van der Waals surface area contributed by atoms with Crippen LogP contribution < -0.4 is 19.5 Å². The number of hydrogen-bond donors (Lipinski definition) is 1. The van der Waals surface area contributed by atoms with E-state index in [1.54, 1.807) is 26.2 Å². The van der Waals surface area contributed by atoms with E-state index >= 15 is 0 Å². The smallest absolute Gasteiger partial charge is 0.265 e. The number of hydrogen-bond acceptors (Lipinski definition) is 4. The first-order valence-electron chi connectivity index (χ1n) is 10.0. The van der Waals surface area contributed by atoms with Crippen LogP contribution in [-0.2, 0) is 11.2 Å². The number of amides is 1. The Labute approximate surface area is 177 Å². The maximum Gasteiger partial charge on any atom is 0.265 e. The first kappa shape index (κ1) is 21.2. The normalized spacial score (nSPS) is 11.4. The molecule has 3 rings (SSSR count). The fourth-order valence-electron chi connectivity index (χ4n) is 2.99. The van der Waals surface area contributed by atoms with Crippen LogP contribution in [0.25, 0.3) is 0 Å². The van der Waals surface area contributed by atoms with Gasteiger partial charge in [-0.05, 0) is 49.6 Å². The third-order valence-electron chi connectivity index (χ3n) is 4.60. The van der Waals surface area contributed by atoms with E-state index in [9.17, 15) is 4.79 Å². The van der Waals surface area contributed by atoms with E-state index in [1.165, 1.54) is 5.56 Å². The van der Waals surface area contributed by atoms with Crippen molar-refractivity contribution in [2.75, 3.05) is 19.0 Å². The Morgan fingerprint density at radius 2 is 1.50 bits per heavy atom. The van der Waals surface area contributed by atoms with Crippen molar-refractivity contribution in [2.45, 2.75) is 25.9 Å². The standard InChI is InChI=1S/C25H27NO4/c1-19(30-24-17-9-8-16-23(24)28-2)25(27)26-21-14-6-7-15-22(21)29-18-10-13-20-11-4-3-5-12-20/h3-9,11-12,14-17,19H,10,13,18H2,1-2H3,(H,26,27). The molecule has 0 aliphatic rings. The van der Waals surface area contributed by atoms with Gasteiger partial charge >= 0.3 is 0 Å². The number of benzene rings is 3. The molecule has 156 valence electrons. The Bertz CT molecular complexity index is 943. The number of aryl methyl sites for hydroxylation is 1. The van der Waals surface area contributed by atoms with Crippen molar-refractivity contribution in [1.82, 2.24) is 0 Å². The van der Waals surface area contributed by atoms with Crippen LogP contribution in [0.5, 0.6) is 17.2 Å². The van der Waals surface area contributed by atoms with Gasteiger partial charge in [0.2, 0.25) is 0 Å². The number of para-hydroxylation sites is 4. The molecule has 3 aromatic carbocycles. The summed E-state index contributed by atoms with van der Waals surface area (Å²) < 4.78 is 17.0. The number of carbonyl (C=O) groups excluding carboxylic acids is 1. The Hall–Kier alpha value is -3.47. The monoisotopic (exact) mass is 405 g/mol. The summed E-state index contributed by atoms with van der Waals surface area (Å²) in [5.41, 5.74) is 1.91. The van der Waals surface area contributed by atoms with E-state index in [2.05, 4.69) is 17.4 Å². The second-order valence-electron chi connectivity index (χ2n) is 6.83. The molecule has 1 amide bonds. The highest BCUT2D eigenvalue weighted by Crippen LogP contribution is 2.28. The number of ether oxygens (including phenoxy) is 3. The lowest BCUT2D eigenvalue weighted by molar-refractivity contribution is -0.122. The Balaban J connectivity index is 1.55. The van der Waals surface area contributed by atoms with Crippen molar-refractivity contribution in [3.63, 3.8) is 0 Å². The summed E-state index contributed by atoms with van der Waals surface area (Å²) in [4.78, 5) is 12.7. The van der Waals surface area contributed by atoms with E-state index in [1.807, 2.05) is 54.6 Å². The third-order valence-corrected chi connectivity index (χ3v) is 4.60. The predicted molar refractivity (Wildman–Crippen MR) is 118 cm³/mol. The second kappa shape index (κ2) is 10.9. The van der Waals surface area contributed by atoms with E-state index in [0.29, 0.717) is 29.5 Å². The van der Waals surface area contributed by atoms with Gasteiger partial charge < -0.3 is 19.5 Å². The van der Waals surface area contributed by atoms with Gasteiger partial charge in [0.05, 0.1) is 19.4 Å². The third kappa shape index (κ3) is 6.01. The first-order valence-corrected chi connectivity index (χ1v) is 10.0. The van der Waals surface area contributed by atoms with Crippen LogP contribution in [0.1, 0.15) is 18.9 Å². The highest BCUT2D eigenvalue weighted by Gasteiger charge is 2.18. The molecule has 0 aliphatic carbocycles. The summed E-state index contributed by atoms with van der Waals surface area (Å²) >= 11 is 0. The van der Waals surface area contributed by atoms with Gasteiger partial charge in [-0.15, -0.1) is 0 Å². The van der Waals surface area contributed by atoms with Gasteiger partial charge in [-0.2, -0.15) is 0 Å². The first-order chi connectivity index (χ1) is 14.7. The molecule has 0 radical (unpaired) electrons.